The number of pyridine rings is 1. The van der Waals surface area contributed by atoms with Crippen molar-refractivity contribution in [3.05, 3.63) is 65.7 Å². The Kier molecular flexibility index (Phi) is 5.03. The van der Waals surface area contributed by atoms with Gasteiger partial charge in [-0.3, -0.25) is 4.79 Å². The van der Waals surface area contributed by atoms with E-state index in [0.717, 1.165) is 41.9 Å². The fourth-order valence-electron chi connectivity index (χ4n) is 3.33. The molecule has 1 aromatic heterocycles. The van der Waals surface area contributed by atoms with E-state index in [1.165, 1.54) is 5.56 Å². The Morgan fingerprint density at radius 3 is 2.59 bits per heavy atom. The van der Waals surface area contributed by atoms with Crippen LogP contribution in [0.15, 0.2) is 54.6 Å². The van der Waals surface area contributed by atoms with Crippen molar-refractivity contribution in [3.63, 3.8) is 0 Å². The van der Waals surface area contributed by atoms with Gasteiger partial charge in [0.25, 0.3) is 5.91 Å². The van der Waals surface area contributed by atoms with Crippen LogP contribution < -0.4 is 10.2 Å². The molecular formula is C22H23N3O2. The van der Waals surface area contributed by atoms with Gasteiger partial charge in [0.2, 0.25) is 0 Å². The molecule has 5 nitrogen and oxygen atoms in total. The molecule has 0 unspecified atom stereocenters. The van der Waals surface area contributed by atoms with Gasteiger partial charge in [-0.1, -0.05) is 37.3 Å². The normalized spacial score (nSPS) is 14.3. The lowest BCUT2D eigenvalue weighted by molar-refractivity contribution is 0.102. The zero-order valence-electron chi connectivity index (χ0n) is 15.4. The average molecular weight is 361 g/mol. The standard InChI is InChI=1S/C22H23N3O2/c1-2-16-7-9-17(10-8-16)23-22(26)19-15-21(25-11-13-27-14-12-25)24-20-6-4-3-5-18(19)20/h3-10,15H,2,11-14H2,1H3,(H,23,26). The number of benzene rings is 2. The van der Waals surface area contributed by atoms with E-state index in [-0.39, 0.29) is 5.91 Å². The average Bonchev–Trinajstić information content (AvgIpc) is 2.74. The van der Waals surface area contributed by atoms with Gasteiger partial charge in [-0.05, 0) is 36.2 Å². The summed E-state index contributed by atoms with van der Waals surface area (Å²) in [4.78, 5) is 20.0. The van der Waals surface area contributed by atoms with Gasteiger partial charge in [-0.15, -0.1) is 0 Å². The van der Waals surface area contributed by atoms with Crippen molar-refractivity contribution in [1.82, 2.24) is 4.98 Å². The summed E-state index contributed by atoms with van der Waals surface area (Å²) in [5.41, 5.74) is 3.51. The van der Waals surface area contributed by atoms with Gasteiger partial charge in [-0.2, -0.15) is 0 Å². The fourth-order valence-corrected chi connectivity index (χ4v) is 3.33. The molecule has 1 amide bonds. The zero-order valence-corrected chi connectivity index (χ0v) is 15.4. The van der Waals surface area contributed by atoms with Crippen LogP contribution in [0.3, 0.4) is 0 Å². The number of morpholine rings is 1. The maximum absolute atomic E-state index is 13.0. The molecular weight excluding hydrogens is 338 g/mol. The predicted molar refractivity (Wildman–Crippen MR) is 109 cm³/mol. The number of rotatable bonds is 4. The number of carbonyl (C=O) groups excluding carboxylic acids is 1. The number of para-hydroxylation sites is 1. The van der Waals surface area contributed by atoms with Crippen LogP contribution in [-0.2, 0) is 11.2 Å². The lowest BCUT2D eigenvalue weighted by Crippen LogP contribution is -2.37. The number of fused-ring (bicyclic) bond motifs is 1. The van der Waals surface area contributed by atoms with Crippen molar-refractivity contribution in [3.8, 4) is 0 Å². The summed E-state index contributed by atoms with van der Waals surface area (Å²) in [6, 6.07) is 17.6. The molecule has 0 atom stereocenters. The van der Waals surface area contributed by atoms with Crippen LogP contribution in [0.2, 0.25) is 0 Å². The Morgan fingerprint density at radius 1 is 1.11 bits per heavy atom. The summed E-state index contributed by atoms with van der Waals surface area (Å²) < 4.78 is 5.44. The third-order valence-electron chi connectivity index (χ3n) is 4.90. The Bertz CT molecular complexity index is 947. The van der Waals surface area contributed by atoms with E-state index >= 15 is 0 Å². The molecule has 5 heteroatoms. The second-order valence-corrected chi connectivity index (χ2v) is 6.65. The van der Waals surface area contributed by atoms with Gasteiger partial charge in [0, 0.05) is 24.2 Å². The first kappa shape index (κ1) is 17.5. The number of carbonyl (C=O) groups is 1. The molecule has 0 spiro atoms. The maximum Gasteiger partial charge on any atom is 0.256 e. The molecule has 0 saturated carbocycles. The molecule has 1 saturated heterocycles. The number of aromatic nitrogens is 1. The van der Waals surface area contributed by atoms with Crippen LogP contribution in [0.5, 0.6) is 0 Å². The van der Waals surface area contributed by atoms with E-state index < -0.39 is 0 Å². The van der Waals surface area contributed by atoms with Crippen LogP contribution >= 0.6 is 0 Å². The predicted octanol–water partition coefficient (Wildman–Crippen LogP) is 3.89. The minimum absolute atomic E-state index is 0.118. The highest BCUT2D eigenvalue weighted by atomic mass is 16.5. The van der Waals surface area contributed by atoms with E-state index in [1.807, 2.05) is 54.6 Å². The Balaban J connectivity index is 1.68. The monoisotopic (exact) mass is 361 g/mol. The number of nitrogens with one attached hydrogen (secondary N) is 1. The van der Waals surface area contributed by atoms with Crippen molar-refractivity contribution >= 4 is 28.3 Å². The molecule has 2 aromatic carbocycles. The second-order valence-electron chi connectivity index (χ2n) is 6.65. The Labute approximate surface area is 159 Å². The molecule has 138 valence electrons. The minimum atomic E-state index is -0.118. The highest BCUT2D eigenvalue weighted by molar-refractivity contribution is 6.13. The lowest BCUT2D eigenvalue weighted by Gasteiger charge is -2.28. The van der Waals surface area contributed by atoms with E-state index in [2.05, 4.69) is 17.1 Å². The topological polar surface area (TPSA) is 54.5 Å². The maximum atomic E-state index is 13.0. The summed E-state index contributed by atoms with van der Waals surface area (Å²) in [6.07, 6.45) is 0.978. The fraction of sp³-hybridized carbons (Fsp3) is 0.273. The summed E-state index contributed by atoms with van der Waals surface area (Å²) in [7, 11) is 0. The van der Waals surface area contributed by atoms with Crippen LogP contribution in [0.4, 0.5) is 11.5 Å². The molecule has 1 N–H and O–H groups in total. The number of nitrogens with zero attached hydrogens (tertiary/aromatic N) is 2. The second kappa shape index (κ2) is 7.76. The molecule has 3 aromatic rings. The number of ether oxygens (including phenoxy) is 1. The molecule has 1 fully saturated rings. The molecule has 0 bridgehead atoms. The molecule has 0 radical (unpaired) electrons. The van der Waals surface area contributed by atoms with Gasteiger partial charge in [0.05, 0.1) is 24.3 Å². The number of hydrogen-bond acceptors (Lipinski definition) is 4. The van der Waals surface area contributed by atoms with Crippen LogP contribution in [0.1, 0.15) is 22.8 Å². The van der Waals surface area contributed by atoms with Crippen molar-refractivity contribution < 1.29 is 9.53 Å². The SMILES string of the molecule is CCc1ccc(NC(=O)c2cc(N3CCOCC3)nc3ccccc23)cc1. The summed E-state index contributed by atoms with van der Waals surface area (Å²) in [5, 5.41) is 3.88. The molecule has 1 aliphatic rings. The first-order chi connectivity index (χ1) is 13.2. The third-order valence-corrected chi connectivity index (χ3v) is 4.90. The minimum Gasteiger partial charge on any atom is -0.378 e. The first-order valence-corrected chi connectivity index (χ1v) is 9.37. The Hall–Kier alpha value is -2.92. The molecule has 1 aliphatic heterocycles. The molecule has 0 aliphatic carbocycles. The molecule has 4 rings (SSSR count). The van der Waals surface area contributed by atoms with Crippen LogP contribution in [0, 0.1) is 0 Å². The van der Waals surface area contributed by atoms with Gasteiger partial charge in [-0.25, -0.2) is 4.98 Å². The number of anilines is 2. The lowest BCUT2D eigenvalue weighted by atomic mass is 10.1. The molecule has 27 heavy (non-hydrogen) atoms. The zero-order chi connectivity index (χ0) is 18.6. The van der Waals surface area contributed by atoms with E-state index in [9.17, 15) is 4.79 Å². The largest absolute Gasteiger partial charge is 0.378 e. The summed E-state index contributed by atoms with van der Waals surface area (Å²) >= 11 is 0. The van der Waals surface area contributed by atoms with Gasteiger partial charge >= 0.3 is 0 Å². The summed E-state index contributed by atoms with van der Waals surface area (Å²) in [6.45, 7) is 5.04. The smallest absolute Gasteiger partial charge is 0.256 e. The van der Waals surface area contributed by atoms with E-state index in [4.69, 9.17) is 9.72 Å². The van der Waals surface area contributed by atoms with Crippen molar-refractivity contribution in [2.24, 2.45) is 0 Å². The van der Waals surface area contributed by atoms with Gasteiger partial charge in [0.1, 0.15) is 5.82 Å². The quantitative estimate of drug-likeness (QED) is 0.766. The van der Waals surface area contributed by atoms with E-state index in [0.29, 0.717) is 18.8 Å². The van der Waals surface area contributed by atoms with Crippen molar-refractivity contribution in [1.29, 1.82) is 0 Å². The first-order valence-electron chi connectivity index (χ1n) is 9.37. The highest BCUT2D eigenvalue weighted by Gasteiger charge is 2.18. The van der Waals surface area contributed by atoms with E-state index in [1.54, 1.807) is 0 Å². The van der Waals surface area contributed by atoms with Crippen molar-refractivity contribution in [2.45, 2.75) is 13.3 Å². The van der Waals surface area contributed by atoms with Crippen LogP contribution in [0.25, 0.3) is 10.9 Å². The summed E-state index contributed by atoms with van der Waals surface area (Å²) in [5.74, 6) is 0.704. The Morgan fingerprint density at radius 2 is 1.85 bits per heavy atom. The number of aryl methyl sites for hydroxylation is 1. The van der Waals surface area contributed by atoms with Crippen LogP contribution in [-0.4, -0.2) is 37.2 Å². The van der Waals surface area contributed by atoms with Crippen molar-refractivity contribution in [2.75, 3.05) is 36.5 Å². The highest BCUT2D eigenvalue weighted by Crippen LogP contribution is 2.25. The number of hydrogen-bond donors (Lipinski definition) is 1. The molecule has 2 heterocycles. The number of amides is 1. The van der Waals surface area contributed by atoms with Gasteiger partial charge < -0.3 is 15.0 Å². The van der Waals surface area contributed by atoms with Gasteiger partial charge in [0.15, 0.2) is 0 Å². The third kappa shape index (κ3) is 3.78.